The van der Waals surface area contributed by atoms with E-state index in [1.807, 2.05) is 0 Å². The number of anilines is 2. The van der Waals surface area contributed by atoms with E-state index in [0.717, 1.165) is 66.7 Å². The summed E-state index contributed by atoms with van der Waals surface area (Å²) in [5.74, 6) is 1.00. The Hall–Kier alpha value is -3.21. The number of nitrogens with zero attached hydrogens (tertiary/aromatic N) is 2. The van der Waals surface area contributed by atoms with Crippen LogP contribution < -0.4 is 26.4 Å². The molecule has 1 fully saturated rings. The Kier molecular flexibility index (Phi) is 8.40. The van der Waals surface area contributed by atoms with Crippen molar-refractivity contribution in [3.63, 3.8) is 0 Å². The third-order valence-corrected chi connectivity index (χ3v) is 7.54. The molecular weight excluding hydrogens is 478 g/mol. The highest BCUT2D eigenvalue weighted by Crippen LogP contribution is 2.37. The molecule has 0 aliphatic carbocycles. The minimum absolute atomic E-state index is 0.174. The number of carbonyl (C=O) groups excluding carboxylic acids is 2. The van der Waals surface area contributed by atoms with Gasteiger partial charge in [-0.3, -0.25) is 9.59 Å². The summed E-state index contributed by atoms with van der Waals surface area (Å²) < 4.78 is 5.61. The summed E-state index contributed by atoms with van der Waals surface area (Å²) in [6.07, 6.45) is 3.79. The molecule has 0 saturated carbocycles. The molecule has 192 valence electrons. The van der Waals surface area contributed by atoms with Crippen LogP contribution in [0.3, 0.4) is 0 Å². The molecule has 1 aliphatic rings. The first-order valence-electron chi connectivity index (χ1n) is 12.3. The van der Waals surface area contributed by atoms with E-state index in [9.17, 15) is 14.7 Å². The average Bonchev–Trinajstić information content (AvgIpc) is 3.23. The highest BCUT2D eigenvalue weighted by atomic mass is 32.1. The maximum Gasteiger partial charge on any atom is 0.260 e. The van der Waals surface area contributed by atoms with E-state index in [2.05, 4.69) is 23.2 Å². The van der Waals surface area contributed by atoms with Crippen molar-refractivity contribution in [3.05, 3.63) is 46.3 Å². The first-order valence-corrected chi connectivity index (χ1v) is 13.1. The number of nitrogens with two attached hydrogens (primary N) is 2. The molecule has 4 rings (SSSR count). The van der Waals surface area contributed by atoms with Gasteiger partial charge in [0.1, 0.15) is 40.3 Å². The number of fused-ring (bicyclic) bond motifs is 1. The van der Waals surface area contributed by atoms with E-state index >= 15 is 0 Å². The Morgan fingerprint density at radius 2 is 2.06 bits per heavy atom. The lowest BCUT2D eigenvalue weighted by atomic mass is 10.0. The van der Waals surface area contributed by atoms with Gasteiger partial charge < -0.3 is 31.5 Å². The zero-order valence-electron chi connectivity index (χ0n) is 20.4. The predicted molar refractivity (Wildman–Crippen MR) is 143 cm³/mol. The fourth-order valence-corrected chi connectivity index (χ4v) is 5.49. The van der Waals surface area contributed by atoms with Gasteiger partial charge in [-0.25, -0.2) is 4.98 Å². The van der Waals surface area contributed by atoms with Crippen molar-refractivity contribution >= 4 is 45.3 Å². The molecule has 1 unspecified atom stereocenters. The lowest BCUT2D eigenvalue weighted by Gasteiger charge is -2.34. The number of hydrogen-bond donors (Lipinski definition) is 4. The summed E-state index contributed by atoms with van der Waals surface area (Å²) in [4.78, 5) is 30.8. The van der Waals surface area contributed by atoms with Gasteiger partial charge >= 0.3 is 0 Å². The summed E-state index contributed by atoms with van der Waals surface area (Å²) in [5, 5.41) is 14.6. The third kappa shape index (κ3) is 5.95. The van der Waals surface area contributed by atoms with E-state index in [4.69, 9.17) is 21.2 Å². The van der Waals surface area contributed by atoms with Gasteiger partial charge in [0.25, 0.3) is 5.91 Å². The second-order valence-electron chi connectivity index (χ2n) is 9.10. The number of primary amides is 1. The van der Waals surface area contributed by atoms with Crippen molar-refractivity contribution in [2.75, 3.05) is 36.9 Å². The van der Waals surface area contributed by atoms with Crippen LogP contribution in [0.4, 0.5) is 11.5 Å². The van der Waals surface area contributed by atoms with Gasteiger partial charge in [-0.2, -0.15) is 0 Å². The number of thiophene rings is 1. The van der Waals surface area contributed by atoms with E-state index in [-0.39, 0.29) is 6.61 Å². The number of hydrogen-bond acceptors (Lipinski definition) is 9. The van der Waals surface area contributed by atoms with E-state index < -0.39 is 12.0 Å². The SMILES string of the molecule is CCCc1cc(N2CCC(NCC(O)COc3ccc(C=O)cc3)CC2)nc2sc(C(N)=O)c(N)c12. The number of nitrogen functional groups attached to an aromatic ring is 1. The molecule has 10 heteroatoms. The Bertz CT molecular complexity index is 1210. The number of aliphatic hydroxyl groups is 1. The molecule has 1 aliphatic heterocycles. The van der Waals surface area contributed by atoms with Crippen LogP contribution in [0, 0.1) is 0 Å². The molecule has 3 heterocycles. The van der Waals surface area contributed by atoms with E-state index in [1.54, 1.807) is 24.3 Å². The number of aldehydes is 1. The first-order chi connectivity index (χ1) is 17.4. The third-order valence-electron chi connectivity index (χ3n) is 6.43. The summed E-state index contributed by atoms with van der Waals surface area (Å²) in [7, 11) is 0. The summed E-state index contributed by atoms with van der Waals surface area (Å²) in [5.41, 5.74) is 13.9. The number of aliphatic hydroxyl groups excluding tert-OH is 1. The standard InChI is InChI=1S/C26H33N5O4S/c1-2-3-17-12-21(30-26-22(17)23(27)24(36-26)25(28)34)31-10-8-18(9-11-31)29-13-19(33)15-35-20-6-4-16(14-32)5-7-20/h4-7,12,14,18-19,29,33H,2-3,8-11,13,15,27H2,1H3,(H2,28,34). The van der Waals surface area contributed by atoms with Crippen molar-refractivity contribution in [1.82, 2.24) is 10.3 Å². The van der Waals surface area contributed by atoms with Crippen molar-refractivity contribution in [2.24, 2.45) is 5.73 Å². The van der Waals surface area contributed by atoms with Gasteiger partial charge in [0.2, 0.25) is 0 Å². The largest absolute Gasteiger partial charge is 0.491 e. The predicted octanol–water partition coefficient (Wildman–Crippen LogP) is 2.74. The normalized spacial score (nSPS) is 15.2. The summed E-state index contributed by atoms with van der Waals surface area (Å²) in [6.45, 7) is 4.39. The van der Waals surface area contributed by atoms with Gasteiger partial charge in [0, 0.05) is 36.6 Å². The van der Waals surface area contributed by atoms with Crippen LogP contribution in [0.1, 0.15) is 51.8 Å². The molecule has 1 amide bonds. The number of aryl methyl sites for hydroxylation is 1. The van der Waals surface area contributed by atoms with Crippen LogP contribution in [0.2, 0.25) is 0 Å². The van der Waals surface area contributed by atoms with Crippen LogP contribution in [0.25, 0.3) is 10.2 Å². The summed E-state index contributed by atoms with van der Waals surface area (Å²) in [6, 6.07) is 9.19. The van der Waals surface area contributed by atoms with Crippen molar-refractivity contribution < 1.29 is 19.4 Å². The minimum atomic E-state index is -0.641. The number of amides is 1. The van der Waals surface area contributed by atoms with Crippen molar-refractivity contribution in [2.45, 2.75) is 44.8 Å². The molecule has 2 aromatic heterocycles. The molecule has 0 bridgehead atoms. The molecule has 0 spiro atoms. The number of nitrogens with one attached hydrogen (secondary N) is 1. The van der Waals surface area contributed by atoms with Gasteiger partial charge in [-0.15, -0.1) is 11.3 Å². The number of rotatable bonds is 11. The molecule has 1 saturated heterocycles. The van der Waals surface area contributed by atoms with Crippen LogP contribution in [-0.2, 0) is 6.42 Å². The Morgan fingerprint density at radius 3 is 2.69 bits per heavy atom. The fourth-order valence-electron chi connectivity index (χ4n) is 4.51. The number of benzene rings is 1. The second-order valence-corrected chi connectivity index (χ2v) is 10.1. The van der Waals surface area contributed by atoms with Gasteiger partial charge in [-0.05, 0) is 55.2 Å². The monoisotopic (exact) mass is 511 g/mol. The number of piperidine rings is 1. The number of carbonyl (C=O) groups is 2. The Labute approximate surface area is 214 Å². The first kappa shape index (κ1) is 25.9. The lowest BCUT2D eigenvalue weighted by molar-refractivity contribution is 0.100. The van der Waals surface area contributed by atoms with Crippen molar-refractivity contribution in [3.8, 4) is 5.75 Å². The zero-order chi connectivity index (χ0) is 25.7. The minimum Gasteiger partial charge on any atom is -0.491 e. The van der Waals surface area contributed by atoms with Crippen LogP contribution in [0.15, 0.2) is 30.3 Å². The fraction of sp³-hybridized carbons (Fsp3) is 0.423. The molecule has 36 heavy (non-hydrogen) atoms. The van der Waals surface area contributed by atoms with Gasteiger partial charge in [0.15, 0.2) is 0 Å². The van der Waals surface area contributed by atoms with E-state index in [0.29, 0.717) is 34.5 Å². The number of aromatic nitrogens is 1. The quantitative estimate of drug-likeness (QED) is 0.288. The molecule has 1 atom stereocenters. The smallest absolute Gasteiger partial charge is 0.260 e. The number of ether oxygens (including phenoxy) is 1. The zero-order valence-corrected chi connectivity index (χ0v) is 21.2. The average molecular weight is 512 g/mol. The molecule has 9 nitrogen and oxygen atoms in total. The molecule has 3 aromatic rings. The maximum atomic E-state index is 11.8. The maximum absolute atomic E-state index is 11.8. The number of pyridine rings is 1. The molecule has 1 aromatic carbocycles. The Morgan fingerprint density at radius 1 is 1.33 bits per heavy atom. The van der Waals surface area contributed by atoms with Crippen LogP contribution >= 0.6 is 11.3 Å². The lowest BCUT2D eigenvalue weighted by Crippen LogP contribution is -2.45. The second kappa shape index (κ2) is 11.7. The highest BCUT2D eigenvalue weighted by molar-refractivity contribution is 7.21. The molecule has 6 N–H and O–H groups in total. The molecule has 0 radical (unpaired) electrons. The van der Waals surface area contributed by atoms with Crippen LogP contribution in [0.5, 0.6) is 5.75 Å². The highest BCUT2D eigenvalue weighted by Gasteiger charge is 2.24. The van der Waals surface area contributed by atoms with E-state index in [1.165, 1.54) is 11.3 Å². The van der Waals surface area contributed by atoms with Crippen LogP contribution in [-0.4, -0.2) is 60.7 Å². The van der Waals surface area contributed by atoms with Gasteiger partial charge in [-0.1, -0.05) is 13.3 Å². The molecular formula is C26H33N5O4S. The topological polar surface area (TPSA) is 144 Å². The van der Waals surface area contributed by atoms with Gasteiger partial charge in [0.05, 0.1) is 5.69 Å². The van der Waals surface area contributed by atoms with Crippen molar-refractivity contribution in [1.29, 1.82) is 0 Å². The Balaban J connectivity index is 1.31. The summed E-state index contributed by atoms with van der Waals surface area (Å²) >= 11 is 1.26.